The lowest BCUT2D eigenvalue weighted by Gasteiger charge is -2.28. The highest BCUT2D eigenvalue weighted by molar-refractivity contribution is 8.01. The van der Waals surface area contributed by atoms with E-state index in [0.717, 1.165) is 0 Å². The molecule has 2 amide bonds. The van der Waals surface area contributed by atoms with Crippen LogP contribution < -0.4 is 0 Å². The van der Waals surface area contributed by atoms with Crippen molar-refractivity contribution in [2.75, 3.05) is 19.6 Å². The molecule has 1 aliphatic rings. The molecule has 0 N–H and O–H groups in total. The summed E-state index contributed by atoms with van der Waals surface area (Å²) in [6.45, 7) is 4.62. The third-order valence-corrected chi connectivity index (χ3v) is 6.15. The van der Waals surface area contributed by atoms with Gasteiger partial charge in [0.1, 0.15) is 17.0 Å². The molecule has 1 fully saturated rings. The van der Waals surface area contributed by atoms with Crippen molar-refractivity contribution in [3.63, 3.8) is 0 Å². The monoisotopic (exact) mass is 404 g/mol. The van der Waals surface area contributed by atoms with Crippen molar-refractivity contribution in [3.05, 3.63) is 71.3 Å². The lowest BCUT2D eigenvalue weighted by molar-refractivity contribution is -0.130. The summed E-state index contributed by atoms with van der Waals surface area (Å²) >= 11 is 1.40. The van der Waals surface area contributed by atoms with Crippen molar-refractivity contribution in [1.29, 1.82) is 0 Å². The standard InChI is InChI=1S/C21H22F2N2O2S/c1-3-24(20(27)15-7-6-8-16(22)13-15)11-12-25-19(26)14(2)28-21(25)17-9-4-5-10-18(17)23/h4-10,13-14,21H,3,11-12H2,1-2H3/t14-,21-/m0/s1. The van der Waals surface area contributed by atoms with Gasteiger partial charge in [0.15, 0.2) is 0 Å². The van der Waals surface area contributed by atoms with Crippen molar-refractivity contribution in [3.8, 4) is 0 Å². The smallest absolute Gasteiger partial charge is 0.254 e. The Morgan fingerprint density at radius 1 is 1.18 bits per heavy atom. The van der Waals surface area contributed by atoms with Crippen LogP contribution in [0.4, 0.5) is 8.78 Å². The molecule has 2 atom stereocenters. The zero-order valence-electron chi connectivity index (χ0n) is 15.8. The van der Waals surface area contributed by atoms with Gasteiger partial charge in [-0.3, -0.25) is 9.59 Å². The van der Waals surface area contributed by atoms with Crippen LogP contribution in [0.1, 0.15) is 35.1 Å². The SMILES string of the molecule is CCN(CCN1C(=O)[C@H](C)S[C@H]1c1ccccc1F)C(=O)c1cccc(F)c1. The highest BCUT2D eigenvalue weighted by Gasteiger charge is 2.39. The van der Waals surface area contributed by atoms with E-state index in [0.29, 0.717) is 12.1 Å². The Balaban J connectivity index is 1.75. The molecule has 0 aliphatic carbocycles. The van der Waals surface area contributed by atoms with E-state index in [1.165, 1.54) is 36.0 Å². The summed E-state index contributed by atoms with van der Waals surface area (Å²) in [5.41, 5.74) is 0.729. The third-order valence-electron chi connectivity index (χ3n) is 4.77. The molecule has 0 radical (unpaired) electrons. The Morgan fingerprint density at radius 3 is 2.61 bits per heavy atom. The maximum absolute atomic E-state index is 14.3. The molecule has 4 nitrogen and oxygen atoms in total. The van der Waals surface area contributed by atoms with E-state index in [1.807, 2.05) is 6.92 Å². The number of halogens is 2. The predicted molar refractivity (Wildman–Crippen MR) is 106 cm³/mol. The zero-order valence-corrected chi connectivity index (χ0v) is 16.6. The molecule has 3 rings (SSSR count). The lowest BCUT2D eigenvalue weighted by atomic mass is 10.1. The van der Waals surface area contributed by atoms with E-state index in [1.54, 1.807) is 41.0 Å². The molecule has 148 valence electrons. The van der Waals surface area contributed by atoms with Crippen molar-refractivity contribution in [2.45, 2.75) is 24.5 Å². The number of thioether (sulfide) groups is 1. The van der Waals surface area contributed by atoms with Crippen molar-refractivity contribution in [2.24, 2.45) is 0 Å². The van der Waals surface area contributed by atoms with E-state index in [2.05, 4.69) is 0 Å². The van der Waals surface area contributed by atoms with Gasteiger partial charge in [0, 0.05) is 30.8 Å². The number of hydrogen-bond acceptors (Lipinski definition) is 3. The second kappa shape index (κ2) is 8.73. The van der Waals surface area contributed by atoms with Gasteiger partial charge in [0.2, 0.25) is 5.91 Å². The average Bonchev–Trinajstić information content (AvgIpc) is 2.97. The van der Waals surface area contributed by atoms with E-state index < -0.39 is 11.2 Å². The summed E-state index contributed by atoms with van der Waals surface area (Å²) in [6.07, 6.45) is 0. The minimum atomic E-state index is -0.471. The first-order valence-electron chi connectivity index (χ1n) is 9.17. The number of likely N-dealkylation sites (N-methyl/N-ethyl adjacent to an activating group) is 1. The Hall–Kier alpha value is -2.41. The molecule has 0 unspecified atom stereocenters. The minimum Gasteiger partial charge on any atom is -0.337 e. The highest BCUT2D eigenvalue weighted by Crippen LogP contribution is 2.43. The fraction of sp³-hybridized carbons (Fsp3) is 0.333. The van der Waals surface area contributed by atoms with E-state index in [4.69, 9.17) is 0 Å². The van der Waals surface area contributed by atoms with Gasteiger partial charge in [-0.05, 0) is 38.1 Å². The summed E-state index contributed by atoms with van der Waals surface area (Å²) in [7, 11) is 0. The number of amides is 2. The Kier molecular flexibility index (Phi) is 6.34. The minimum absolute atomic E-state index is 0.0764. The molecular weight excluding hydrogens is 382 g/mol. The molecule has 1 saturated heterocycles. The summed E-state index contributed by atoms with van der Waals surface area (Å²) in [5, 5.41) is -0.703. The molecular formula is C21H22F2N2O2S. The molecule has 0 aromatic heterocycles. The lowest BCUT2D eigenvalue weighted by Crippen LogP contribution is -2.40. The fourth-order valence-electron chi connectivity index (χ4n) is 3.25. The summed E-state index contributed by atoms with van der Waals surface area (Å²) in [4.78, 5) is 28.5. The Morgan fingerprint density at radius 2 is 1.93 bits per heavy atom. The summed E-state index contributed by atoms with van der Waals surface area (Å²) in [6, 6.07) is 12.0. The van der Waals surface area contributed by atoms with Gasteiger partial charge in [-0.1, -0.05) is 24.3 Å². The van der Waals surface area contributed by atoms with Crippen molar-refractivity contribution >= 4 is 23.6 Å². The Bertz CT molecular complexity index is 877. The molecule has 2 aromatic carbocycles. The molecule has 28 heavy (non-hydrogen) atoms. The van der Waals surface area contributed by atoms with E-state index in [9.17, 15) is 18.4 Å². The second-order valence-corrected chi connectivity index (χ2v) is 8.00. The number of rotatable bonds is 6. The number of benzene rings is 2. The van der Waals surface area contributed by atoms with Crippen LogP contribution in [0.2, 0.25) is 0 Å². The predicted octanol–water partition coefficient (Wildman–Crippen LogP) is 4.09. The van der Waals surface area contributed by atoms with Gasteiger partial charge in [-0.25, -0.2) is 8.78 Å². The third kappa shape index (κ3) is 4.19. The molecule has 1 heterocycles. The van der Waals surface area contributed by atoms with Gasteiger partial charge >= 0.3 is 0 Å². The summed E-state index contributed by atoms with van der Waals surface area (Å²) < 4.78 is 27.7. The van der Waals surface area contributed by atoms with Crippen LogP contribution in [0, 0.1) is 11.6 Å². The van der Waals surface area contributed by atoms with Gasteiger partial charge in [0.25, 0.3) is 5.91 Å². The van der Waals surface area contributed by atoms with Crippen LogP contribution in [-0.2, 0) is 4.79 Å². The first-order valence-corrected chi connectivity index (χ1v) is 10.1. The molecule has 7 heteroatoms. The maximum atomic E-state index is 14.3. The normalized spacial score (nSPS) is 19.1. The molecule has 2 aromatic rings. The molecule has 0 spiro atoms. The van der Waals surface area contributed by atoms with Crippen LogP contribution >= 0.6 is 11.8 Å². The van der Waals surface area contributed by atoms with Crippen LogP contribution in [0.3, 0.4) is 0 Å². The van der Waals surface area contributed by atoms with E-state index in [-0.39, 0.29) is 41.5 Å². The highest BCUT2D eigenvalue weighted by atomic mass is 32.2. The van der Waals surface area contributed by atoms with Crippen LogP contribution in [-0.4, -0.2) is 46.5 Å². The maximum Gasteiger partial charge on any atom is 0.254 e. The van der Waals surface area contributed by atoms with Crippen LogP contribution in [0.25, 0.3) is 0 Å². The topological polar surface area (TPSA) is 40.6 Å². The second-order valence-electron chi connectivity index (χ2n) is 6.58. The van der Waals surface area contributed by atoms with Gasteiger partial charge < -0.3 is 9.80 Å². The van der Waals surface area contributed by atoms with Crippen LogP contribution in [0.5, 0.6) is 0 Å². The number of hydrogen-bond donors (Lipinski definition) is 0. The number of nitrogens with zero attached hydrogens (tertiary/aromatic N) is 2. The number of carbonyl (C=O) groups excluding carboxylic acids is 2. The van der Waals surface area contributed by atoms with Crippen molar-refractivity contribution in [1.82, 2.24) is 9.80 Å². The van der Waals surface area contributed by atoms with Gasteiger partial charge in [0.05, 0.1) is 5.25 Å². The van der Waals surface area contributed by atoms with Gasteiger partial charge in [-0.2, -0.15) is 0 Å². The Labute approximate surface area is 167 Å². The van der Waals surface area contributed by atoms with Crippen LogP contribution in [0.15, 0.2) is 48.5 Å². The fourth-order valence-corrected chi connectivity index (χ4v) is 4.59. The quantitative estimate of drug-likeness (QED) is 0.728. The molecule has 0 saturated carbocycles. The summed E-state index contributed by atoms with van der Waals surface area (Å²) in [5.74, 6) is -1.19. The number of carbonyl (C=O) groups is 2. The first kappa shape index (κ1) is 20.3. The van der Waals surface area contributed by atoms with Gasteiger partial charge in [-0.15, -0.1) is 11.8 Å². The van der Waals surface area contributed by atoms with Crippen molar-refractivity contribution < 1.29 is 18.4 Å². The zero-order chi connectivity index (χ0) is 20.3. The largest absolute Gasteiger partial charge is 0.337 e. The molecule has 0 bridgehead atoms. The average molecular weight is 404 g/mol. The first-order chi connectivity index (χ1) is 13.4. The van der Waals surface area contributed by atoms with E-state index >= 15 is 0 Å². The molecule has 1 aliphatic heterocycles.